The molecule has 0 atom stereocenters. The SMILES string of the molecule is CN(C)C(=O)COc1ccc(NC(=O)CCc2ccccc2F)cc1. The number of carbonyl (C=O) groups excluding carboxylic acids is 2. The zero-order valence-corrected chi connectivity index (χ0v) is 14.3. The third-order valence-corrected chi connectivity index (χ3v) is 3.58. The van der Waals surface area contributed by atoms with Crippen LogP contribution in [0.1, 0.15) is 12.0 Å². The average molecular weight is 344 g/mol. The third-order valence-electron chi connectivity index (χ3n) is 3.58. The topological polar surface area (TPSA) is 58.6 Å². The first kappa shape index (κ1) is 18.4. The van der Waals surface area contributed by atoms with Crippen molar-refractivity contribution in [3.05, 3.63) is 59.9 Å². The number of nitrogens with zero attached hydrogens (tertiary/aromatic N) is 1. The number of hydrogen-bond donors (Lipinski definition) is 1. The van der Waals surface area contributed by atoms with Gasteiger partial charge in [-0.15, -0.1) is 0 Å². The van der Waals surface area contributed by atoms with Gasteiger partial charge in [0.1, 0.15) is 11.6 Å². The molecule has 0 unspecified atom stereocenters. The molecule has 6 heteroatoms. The van der Waals surface area contributed by atoms with E-state index in [1.165, 1.54) is 11.0 Å². The second-order valence-electron chi connectivity index (χ2n) is 5.74. The summed E-state index contributed by atoms with van der Waals surface area (Å²) in [5.41, 5.74) is 1.14. The molecule has 2 amide bonds. The number of rotatable bonds is 7. The van der Waals surface area contributed by atoms with Crippen LogP contribution in [0.3, 0.4) is 0 Å². The zero-order chi connectivity index (χ0) is 18.2. The van der Waals surface area contributed by atoms with Crippen molar-refractivity contribution in [3.8, 4) is 5.75 Å². The Morgan fingerprint density at radius 1 is 1.08 bits per heavy atom. The van der Waals surface area contributed by atoms with Gasteiger partial charge in [0, 0.05) is 26.2 Å². The molecular formula is C19H21FN2O3. The van der Waals surface area contributed by atoms with Crippen LogP contribution in [-0.4, -0.2) is 37.4 Å². The van der Waals surface area contributed by atoms with Crippen molar-refractivity contribution in [1.82, 2.24) is 4.90 Å². The van der Waals surface area contributed by atoms with Crippen molar-refractivity contribution in [2.45, 2.75) is 12.8 Å². The highest BCUT2D eigenvalue weighted by Gasteiger charge is 2.07. The summed E-state index contributed by atoms with van der Waals surface area (Å²) in [4.78, 5) is 24.9. The first-order valence-electron chi connectivity index (χ1n) is 7.92. The lowest BCUT2D eigenvalue weighted by Crippen LogP contribution is -2.27. The van der Waals surface area contributed by atoms with Gasteiger partial charge in [-0.3, -0.25) is 9.59 Å². The monoisotopic (exact) mass is 344 g/mol. The number of ether oxygens (including phenoxy) is 1. The van der Waals surface area contributed by atoms with Gasteiger partial charge in [-0.2, -0.15) is 0 Å². The van der Waals surface area contributed by atoms with E-state index < -0.39 is 0 Å². The van der Waals surface area contributed by atoms with Gasteiger partial charge < -0.3 is 15.0 Å². The van der Waals surface area contributed by atoms with E-state index in [1.807, 2.05) is 0 Å². The Morgan fingerprint density at radius 3 is 2.40 bits per heavy atom. The molecule has 0 aliphatic carbocycles. The fraction of sp³-hybridized carbons (Fsp3) is 0.263. The predicted molar refractivity (Wildman–Crippen MR) is 94.0 cm³/mol. The lowest BCUT2D eigenvalue weighted by molar-refractivity contribution is -0.130. The van der Waals surface area contributed by atoms with Crippen LogP contribution in [0.4, 0.5) is 10.1 Å². The highest BCUT2D eigenvalue weighted by Crippen LogP contribution is 2.16. The molecule has 0 radical (unpaired) electrons. The number of aryl methyl sites for hydroxylation is 1. The minimum absolute atomic E-state index is 0.0403. The molecule has 2 aromatic rings. The van der Waals surface area contributed by atoms with E-state index in [0.29, 0.717) is 23.4 Å². The number of carbonyl (C=O) groups is 2. The summed E-state index contributed by atoms with van der Waals surface area (Å²) in [6.07, 6.45) is 0.531. The minimum atomic E-state index is -0.302. The summed E-state index contributed by atoms with van der Waals surface area (Å²) in [7, 11) is 3.32. The minimum Gasteiger partial charge on any atom is -0.484 e. The first-order valence-corrected chi connectivity index (χ1v) is 7.92. The zero-order valence-electron chi connectivity index (χ0n) is 14.3. The number of hydrogen-bond acceptors (Lipinski definition) is 3. The summed E-state index contributed by atoms with van der Waals surface area (Å²) in [6, 6.07) is 13.2. The molecule has 5 nitrogen and oxygen atoms in total. The van der Waals surface area contributed by atoms with Crippen LogP contribution < -0.4 is 10.1 Å². The lowest BCUT2D eigenvalue weighted by atomic mass is 10.1. The molecule has 0 aliphatic heterocycles. The molecule has 1 N–H and O–H groups in total. The van der Waals surface area contributed by atoms with Crippen LogP contribution in [0.25, 0.3) is 0 Å². The van der Waals surface area contributed by atoms with E-state index >= 15 is 0 Å². The van der Waals surface area contributed by atoms with Crippen LogP contribution in [-0.2, 0) is 16.0 Å². The summed E-state index contributed by atoms with van der Waals surface area (Å²) < 4.78 is 18.9. The third kappa shape index (κ3) is 5.91. The molecule has 0 spiro atoms. The normalized spacial score (nSPS) is 10.2. The molecule has 0 bridgehead atoms. The Balaban J connectivity index is 1.81. The van der Waals surface area contributed by atoms with E-state index in [4.69, 9.17) is 4.74 Å². The number of nitrogens with one attached hydrogen (secondary N) is 1. The number of halogens is 1. The Morgan fingerprint density at radius 2 is 1.76 bits per heavy atom. The fourth-order valence-corrected chi connectivity index (χ4v) is 2.08. The molecule has 2 rings (SSSR count). The highest BCUT2D eigenvalue weighted by molar-refractivity contribution is 5.90. The Kier molecular flexibility index (Phi) is 6.51. The molecule has 2 aromatic carbocycles. The molecule has 0 aliphatic rings. The Hall–Kier alpha value is -2.89. The summed E-state index contributed by atoms with van der Waals surface area (Å²) in [5.74, 6) is -0.0890. The molecule has 0 saturated heterocycles. The van der Waals surface area contributed by atoms with Crippen LogP contribution in [0, 0.1) is 5.82 Å². The Bertz CT molecular complexity index is 730. The maximum atomic E-state index is 13.5. The van der Waals surface area contributed by atoms with Crippen LogP contribution in [0.15, 0.2) is 48.5 Å². The van der Waals surface area contributed by atoms with E-state index in [0.717, 1.165) is 0 Å². The number of anilines is 1. The van der Waals surface area contributed by atoms with Crippen LogP contribution in [0.5, 0.6) is 5.75 Å². The second kappa shape index (κ2) is 8.82. The van der Waals surface area contributed by atoms with Gasteiger partial charge in [0.25, 0.3) is 5.91 Å². The molecule has 0 fully saturated rings. The van der Waals surface area contributed by atoms with Crippen molar-refractivity contribution in [2.24, 2.45) is 0 Å². The van der Waals surface area contributed by atoms with Gasteiger partial charge in [0.15, 0.2) is 6.61 Å². The molecule has 0 saturated carbocycles. The maximum absolute atomic E-state index is 13.5. The van der Waals surface area contributed by atoms with E-state index in [2.05, 4.69) is 5.32 Å². The summed E-state index contributed by atoms with van der Waals surface area (Å²) >= 11 is 0. The Labute approximate surface area is 146 Å². The first-order chi connectivity index (χ1) is 12.0. The highest BCUT2D eigenvalue weighted by atomic mass is 19.1. The lowest BCUT2D eigenvalue weighted by Gasteiger charge is -2.11. The van der Waals surface area contributed by atoms with Gasteiger partial charge in [-0.05, 0) is 42.3 Å². The number of benzene rings is 2. The van der Waals surface area contributed by atoms with Gasteiger partial charge in [-0.1, -0.05) is 18.2 Å². The van der Waals surface area contributed by atoms with Gasteiger partial charge in [-0.25, -0.2) is 4.39 Å². The van der Waals surface area contributed by atoms with Gasteiger partial charge in [0.05, 0.1) is 0 Å². The largest absolute Gasteiger partial charge is 0.484 e. The number of likely N-dealkylation sites (N-methyl/N-ethyl adjacent to an activating group) is 1. The van der Waals surface area contributed by atoms with Crippen LogP contribution in [0.2, 0.25) is 0 Å². The van der Waals surface area contributed by atoms with Gasteiger partial charge >= 0.3 is 0 Å². The van der Waals surface area contributed by atoms with Crippen molar-refractivity contribution in [3.63, 3.8) is 0 Å². The molecular weight excluding hydrogens is 323 g/mol. The van der Waals surface area contributed by atoms with Crippen molar-refractivity contribution < 1.29 is 18.7 Å². The van der Waals surface area contributed by atoms with E-state index in [1.54, 1.807) is 56.6 Å². The van der Waals surface area contributed by atoms with Crippen molar-refractivity contribution in [1.29, 1.82) is 0 Å². The smallest absolute Gasteiger partial charge is 0.259 e. The molecule has 25 heavy (non-hydrogen) atoms. The van der Waals surface area contributed by atoms with Gasteiger partial charge in [0.2, 0.25) is 5.91 Å². The molecule has 0 aromatic heterocycles. The second-order valence-corrected chi connectivity index (χ2v) is 5.74. The predicted octanol–water partition coefficient (Wildman–Crippen LogP) is 2.86. The number of amides is 2. The van der Waals surface area contributed by atoms with E-state index in [9.17, 15) is 14.0 Å². The quantitative estimate of drug-likeness (QED) is 0.840. The summed E-state index contributed by atoms with van der Waals surface area (Å²) in [5, 5.41) is 2.75. The fourth-order valence-electron chi connectivity index (χ4n) is 2.08. The van der Waals surface area contributed by atoms with E-state index in [-0.39, 0.29) is 30.7 Å². The molecule has 132 valence electrons. The standard InChI is InChI=1S/C19H21FN2O3/c1-22(2)19(24)13-25-16-10-8-15(9-11-16)21-18(23)12-7-14-5-3-4-6-17(14)20/h3-6,8-11H,7,12-13H2,1-2H3,(H,21,23). The van der Waals surface area contributed by atoms with Crippen LogP contribution >= 0.6 is 0 Å². The van der Waals surface area contributed by atoms with Crippen molar-refractivity contribution >= 4 is 17.5 Å². The summed E-state index contributed by atoms with van der Waals surface area (Å²) in [6.45, 7) is -0.0403. The van der Waals surface area contributed by atoms with Crippen molar-refractivity contribution in [2.75, 3.05) is 26.0 Å². The molecule has 0 heterocycles. The average Bonchev–Trinajstić information content (AvgIpc) is 2.60. The maximum Gasteiger partial charge on any atom is 0.259 e.